The first-order valence-electron chi connectivity index (χ1n) is 8.19. The van der Waals surface area contributed by atoms with Gasteiger partial charge in [-0.15, -0.1) is 0 Å². The molecule has 0 amide bonds. The zero-order valence-corrected chi connectivity index (χ0v) is 15.1. The number of rotatable bonds is 7. The SMILES string of the molecule is CCC(CC)(C(Cc1ccc(Br)cn1)NC)N1CCCC1. The van der Waals surface area contributed by atoms with Gasteiger partial charge < -0.3 is 5.32 Å². The highest BCUT2D eigenvalue weighted by Crippen LogP contribution is 2.32. The lowest BCUT2D eigenvalue weighted by atomic mass is 9.80. The molecule has 0 aromatic carbocycles. The van der Waals surface area contributed by atoms with Crippen molar-refractivity contribution in [3.63, 3.8) is 0 Å². The summed E-state index contributed by atoms with van der Waals surface area (Å²) in [4.78, 5) is 7.28. The molecule has 1 N–H and O–H groups in total. The van der Waals surface area contributed by atoms with Gasteiger partial charge in [-0.2, -0.15) is 0 Å². The van der Waals surface area contributed by atoms with Crippen molar-refractivity contribution in [2.24, 2.45) is 0 Å². The van der Waals surface area contributed by atoms with Crippen LogP contribution >= 0.6 is 15.9 Å². The molecule has 1 atom stereocenters. The van der Waals surface area contributed by atoms with Gasteiger partial charge in [0, 0.05) is 34.4 Å². The van der Waals surface area contributed by atoms with E-state index in [1.165, 1.54) is 44.5 Å². The first-order chi connectivity index (χ1) is 10.2. The van der Waals surface area contributed by atoms with E-state index in [-0.39, 0.29) is 5.54 Å². The number of hydrogen-bond donors (Lipinski definition) is 1. The second-order valence-electron chi connectivity index (χ2n) is 6.02. The molecular formula is C17H28BrN3. The molecule has 1 fully saturated rings. The molecule has 0 radical (unpaired) electrons. The lowest BCUT2D eigenvalue weighted by Crippen LogP contribution is -2.60. The topological polar surface area (TPSA) is 28.2 Å². The predicted molar refractivity (Wildman–Crippen MR) is 92.6 cm³/mol. The summed E-state index contributed by atoms with van der Waals surface area (Å²) in [6.07, 6.45) is 7.94. The van der Waals surface area contributed by atoms with Crippen molar-refractivity contribution in [1.82, 2.24) is 15.2 Å². The van der Waals surface area contributed by atoms with E-state index in [0.717, 1.165) is 10.9 Å². The molecule has 0 aliphatic carbocycles. The molecule has 2 heterocycles. The molecule has 0 saturated carbocycles. The van der Waals surface area contributed by atoms with Crippen LogP contribution in [0.25, 0.3) is 0 Å². The molecule has 0 spiro atoms. The minimum Gasteiger partial charge on any atom is -0.315 e. The van der Waals surface area contributed by atoms with Crippen molar-refractivity contribution < 1.29 is 0 Å². The van der Waals surface area contributed by atoms with Crippen LogP contribution < -0.4 is 5.32 Å². The first kappa shape index (κ1) is 16.9. The summed E-state index contributed by atoms with van der Waals surface area (Å²) < 4.78 is 1.05. The molecule has 0 bridgehead atoms. The Morgan fingerprint density at radius 2 is 1.95 bits per heavy atom. The molecule has 1 aromatic rings. The van der Waals surface area contributed by atoms with Crippen LogP contribution in [0.1, 0.15) is 45.2 Å². The molecule has 4 heteroatoms. The van der Waals surface area contributed by atoms with Crippen molar-refractivity contribution in [1.29, 1.82) is 0 Å². The zero-order valence-electron chi connectivity index (χ0n) is 13.5. The minimum absolute atomic E-state index is 0.250. The van der Waals surface area contributed by atoms with E-state index in [9.17, 15) is 0 Å². The summed E-state index contributed by atoms with van der Waals surface area (Å²) in [5, 5.41) is 3.59. The van der Waals surface area contributed by atoms with Gasteiger partial charge in [0.1, 0.15) is 0 Å². The van der Waals surface area contributed by atoms with Crippen molar-refractivity contribution in [2.75, 3.05) is 20.1 Å². The van der Waals surface area contributed by atoms with E-state index >= 15 is 0 Å². The molecule has 21 heavy (non-hydrogen) atoms. The summed E-state index contributed by atoms with van der Waals surface area (Å²) in [7, 11) is 2.10. The largest absolute Gasteiger partial charge is 0.315 e. The standard InChI is InChI=1S/C17H28BrN3/c1-4-17(5-2,21-10-6-7-11-21)16(19-3)12-15-9-8-14(18)13-20-15/h8-9,13,16,19H,4-7,10-12H2,1-3H3. The van der Waals surface area contributed by atoms with E-state index in [2.05, 4.69) is 64.2 Å². The van der Waals surface area contributed by atoms with Crippen LogP contribution in [0.3, 0.4) is 0 Å². The van der Waals surface area contributed by atoms with Gasteiger partial charge in [-0.05, 0) is 73.9 Å². The Morgan fingerprint density at radius 3 is 2.43 bits per heavy atom. The van der Waals surface area contributed by atoms with Crippen molar-refractivity contribution >= 4 is 15.9 Å². The maximum Gasteiger partial charge on any atom is 0.0420 e. The smallest absolute Gasteiger partial charge is 0.0420 e. The molecular weight excluding hydrogens is 326 g/mol. The van der Waals surface area contributed by atoms with E-state index < -0.39 is 0 Å². The normalized spacial score (nSPS) is 18.1. The van der Waals surface area contributed by atoms with Gasteiger partial charge in [0.15, 0.2) is 0 Å². The fraction of sp³-hybridized carbons (Fsp3) is 0.706. The molecule has 1 aliphatic rings. The highest BCUT2D eigenvalue weighted by molar-refractivity contribution is 9.10. The monoisotopic (exact) mass is 353 g/mol. The second-order valence-corrected chi connectivity index (χ2v) is 6.93. The lowest BCUT2D eigenvalue weighted by molar-refractivity contribution is 0.0647. The Morgan fingerprint density at radius 1 is 1.29 bits per heavy atom. The van der Waals surface area contributed by atoms with Gasteiger partial charge in [0.25, 0.3) is 0 Å². The maximum atomic E-state index is 4.57. The van der Waals surface area contributed by atoms with Gasteiger partial charge in [0.05, 0.1) is 0 Å². The Bertz CT molecular complexity index is 422. The van der Waals surface area contributed by atoms with Crippen LogP contribution in [0.5, 0.6) is 0 Å². The van der Waals surface area contributed by atoms with Crippen LogP contribution in [-0.2, 0) is 6.42 Å². The van der Waals surface area contributed by atoms with E-state index in [1.54, 1.807) is 0 Å². The number of nitrogens with zero attached hydrogens (tertiary/aromatic N) is 2. The fourth-order valence-electron chi connectivity index (χ4n) is 3.87. The number of likely N-dealkylation sites (tertiary alicyclic amines) is 1. The summed E-state index contributed by atoms with van der Waals surface area (Å²) in [5.41, 5.74) is 1.42. The van der Waals surface area contributed by atoms with E-state index in [0.29, 0.717) is 6.04 Å². The summed E-state index contributed by atoms with van der Waals surface area (Å²) in [6.45, 7) is 7.16. The Kier molecular flexibility index (Phi) is 6.20. The average molecular weight is 354 g/mol. The zero-order chi connectivity index (χ0) is 15.3. The molecule has 2 rings (SSSR count). The fourth-order valence-corrected chi connectivity index (χ4v) is 4.10. The summed E-state index contributed by atoms with van der Waals surface area (Å²) in [6, 6.07) is 4.66. The van der Waals surface area contributed by atoms with Crippen LogP contribution in [0.4, 0.5) is 0 Å². The minimum atomic E-state index is 0.250. The number of hydrogen-bond acceptors (Lipinski definition) is 3. The molecule has 1 aliphatic heterocycles. The first-order valence-corrected chi connectivity index (χ1v) is 8.98. The van der Waals surface area contributed by atoms with Gasteiger partial charge in [-0.1, -0.05) is 13.8 Å². The average Bonchev–Trinajstić information content (AvgIpc) is 3.04. The summed E-state index contributed by atoms with van der Waals surface area (Å²) in [5.74, 6) is 0. The van der Waals surface area contributed by atoms with Gasteiger partial charge in [-0.3, -0.25) is 9.88 Å². The van der Waals surface area contributed by atoms with Gasteiger partial charge >= 0.3 is 0 Å². The third-order valence-corrected chi connectivity index (χ3v) is 5.63. The Balaban J connectivity index is 2.20. The highest BCUT2D eigenvalue weighted by atomic mass is 79.9. The number of aromatic nitrogens is 1. The number of pyridine rings is 1. The molecule has 1 saturated heterocycles. The predicted octanol–water partition coefficient (Wildman–Crippen LogP) is 3.63. The van der Waals surface area contributed by atoms with Crippen LogP contribution in [0, 0.1) is 0 Å². The van der Waals surface area contributed by atoms with Gasteiger partial charge in [0.2, 0.25) is 0 Å². The van der Waals surface area contributed by atoms with Crippen molar-refractivity contribution in [2.45, 2.75) is 57.5 Å². The quantitative estimate of drug-likeness (QED) is 0.811. The molecule has 118 valence electrons. The number of nitrogens with one attached hydrogen (secondary N) is 1. The summed E-state index contributed by atoms with van der Waals surface area (Å²) >= 11 is 3.46. The van der Waals surface area contributed by atoms with Crippen molar-refractivity contribution in [3.05, 3.63) is 28.5 Å². The molecule has 1 unspecified atom stereocenters. The third kappa shape index (κ3) is 3.66. The van der Waals surface area contributed by atoms with Gasteiger partial charge in [-0.25, -0.2) is 0 Å². The van der Waals surface area contributed by atoms with Crippen LogP contribution in [0.2, 0.25) is 0 Å². The van der Waals surface area contributed by atoms with Crippen molar-refractivity contribution in [3.8, 4) is 0 Å². The third-order valence-electron chi connectivity index (χ3n) is 5.16. The number of halogens is 1. The highest BCUT2D eigenvalue weighted by Gasteiger charge is 2.41. The lowest BCUT2D eigenvalue weighted by Gasteiger charge is -2.47. The molecule has 1 aromatic heterocycles. The maximum absolute atomic E-state index is 4.57. The van der Waals surface area contributed by atoms with E-state index in [4.69, 9.17) is 0 Å². The van der Waals surface area contributed by atoms with Crippen LogP contribution in [-0.4, -0.2) is 41.6 Å². The molecule has 3 nitrogen and oxygen atoms in total. The second kappa shape index (κ2) is 7.70. The van der Waals surface area contributed by atoms with E-state index in [1.807, 2.05) is 6.20 Å². The Labute approximate surface area is 137 Å². The number of likely N-dealkylation sites (N-methyl/N-ethyl adjacent to an activating group) is 1. The Hall–Kier alpha value is -0.450. The van der Waals surface area contributed by atoms with Crippen LogP contribution in [0.15, 0.2) is 22.8 Å².